The van der Waals surface area contributed by atoms with Gasteiger partial charge in [-0.1, -0.05) is 30.3 Å². The van der Waals surface area contributed by atoms with Gasteiger partial charge < -0.3 is 33.7 Å². The number of amides is 3. The maximum Gasteiger partial charge on any atom is 0.418 e. The van der Waals surface area contributed by atoms with Gasteiger partial charge in [-0.15, -0.1) is 0 Å². The molecule has 2 saturated heterocycles. The number of anilines is 1. The monoisotopic (exact) mass is 579 g/mol. The lowest BCUT2D eigenvalue weighted by Crippen LogP contribution is -2.59. The number of alkyl carbamates (subject to hydrolysis) is 1. The minimum absolute atomic E-state index is 0.0563. The summed E-state index contributed by atoms with van der Waals surface area (Å²) in [5.74, 6) is -1.06. The Balaban J connectivity index is 1.38. The third kappa shape index (κ3) is 7.32. The fourth-order valence-corrected chi connectivity index (χ4v) is 4.56. The van der Waals surface area contributed by atoms with Gasteiger partial charge in [-0.2, -0.15) is 18.4 Å². The van der Waals surface area contributed by atoms with Crippen LogP contribution in [0.1, 0.15) is 30.5 Å². The smallest absolute Gasteiger partial charge is 0.418 e. The van der Waals surface area contributed by atoms with E-state index in [9.17, 15) is 28.0 Å². The van der Waals surface area contributed by atoms with Gasteiger partial charge in [0.15, 0.2) is 12.1 Å². The molecular weight excluding hydrogens is 551 g/mol. The molecule has 2 aliphatic heterocycles. The summed E-state index contributed by atoms with van der Waals surface area (Å²) in [6.45, 7) is 3.01. The number of carbonyl (C=O) groups is 2. The lowest BCUT2D eigenvalue weighted by atomic mass is 9.99. The largest absolute Gasteiger partial charge is 0.446 e. The van der Waals surface area contributed by atoms with E-state index in [2.05, 4.69) is 6.07 Å². The van der Waals surface area contributed by atoms with Crippen LogP contribution in [-0.4, -0.2) is 62.3 Å². The van der Waals surface area contributed by atoms with Crippen molar-refractivity contribution < 1.29 is 51.2 Å². The van der Waals surface area contributed by atoms with Crippen molar-refractivity contribution >= 4 is 17.8 Å². The first-order valence-electron chi connectivity index (χ1n) is 12.5. The highest BCUT2D eigenvalue weighted by atomic mass is 19.4. The molecule has 41 heavy (non-hydrogen) atoms. The van der Waals surface area contributed by atoms with E-state index < -0.39 is 72.7 Å². The summed E-state index contributed by atoms with van der Waals surface area (Å²) in [5, 5.41) is 13.2. The van der Waals surface area contributed by atoms with Crippen LogP contribution in [0.3, 0.4) is 0 Å². The van der Waals surface area contributed by atoms with E-state index in [-0.39, 0.29) is 6.61 Å². The van der Waals surface area contributed by atoms with Gasteiger partial charge in [0.05, 0.1) is 29.5 Å². The normalized spacial score (nSPS) is 25.0. The number of nitrogens with zero attached hydrogens (tertiary/aromatic N) is 1. The highest BCUT2D eigenvalue weighted by molar-refractivity contribution is 5.99. The second-order valence-electron chi connectivity index (χ2n) is 9.61. The van der Waals surface area contributed by atoms with Crippen molar-refractivity contribution in [2.45, 2.75) is 63.1 Å². The van der Waals surface area contributed by atoms with Crippen molar-refractivity contribution in [1.29, 1.82) is 5.26 Å². The molecule has 2 aromatic carbocycles. The topological polar surface area (TPSA) is 137 Å². The molecule has 2 fully saturated rings. The number of halogens is 3. The van der Waals surface area contributed by atoms with Crippen molar-refractivity contribution in [3.05, 3.63) is 65.2 Å². The van der Waals surface area contributed by atoms with E-state index in [1.807, 2.05) is 10.6 Å². The summed E-state index contributed by atoms with van der Waals surface area (Å²) in [7, 11) is 1.39. The van der Waals surface area contributed by atoms with Crippen LogP contribution in [0.25, 0.3) is 0 Å². The van der Waals surface area contributed by atoms with Crippen molar-refractivity contribution in [1.82, 2.24) is 5.32 Å². The molecule has 220 valence electrons. The Bertz CT molecular complexity index is 1300. The molecule has 2 heterocycles. The Hall–Kier alpha value is -3.74. The number of rotatable bonds is 7. The van der Waals surface area contributed by atoms with Gasteiger partial charge in [-0.25, -0.2) is 14.9 Å². The first-order chi connectivity index (χ1) is 19.4. The van der Waals surface area contributed by atoms with Crippen LogP contribution in [0.5, 0.6) is 0 Å². The zero-order valence-electron chi connectivity index (χ0n) is 22.3. The summed E-state index contributed by atoms with van der Waals surface area (Å²) < 4.78 is 74.2. The Kier molecular flexibility index (Phi) is 9.15. The number of nitrogens with one attached hydrogen (secondary N) is 2. The predicted molar refractivity (Wildman–Crippen MR) is 134 cm³/mol. The number of hydrogen-bond acceptors (Lipinski definition) is 9. The average molecular weight is 580 g/mol. The van der Waals surface area contributed by atoms with Gasteiger partial charge in [-0.3, -0.25) is 0 Å². The van der Waals surface area contributed by atoms with Crippen molar-refractivity contribution in [3.8, 4) is 6.07 Å². The molecule has 1 unspecified atom stereocenters. The molecule has 0 aromatic heterocycles. The number of carbonyl (C=O) groups excluding carboxylic acids is 2. The summed E-state index contributed by atoms with van der Waals surface area (Å²) in [4.78, 5) is 24.5. The Labute approximate surface area is 233 Å². The molecule has 4 rings (SSSR count). The van der Waals surface area contributed by atoms with E-state index in [0.29, 0.717) is 11.1 Å². The van der Waals surface area contributed by atoms with Crippen LogP contribution < -0.4 is 10.6 Å². The lowest BCUT2D eigenvalue weighted by molar-refractivity contribution is -0.286. The molecule has 11 nitrogen and oxygen atoms in total. The molecule has 5 atom stereocenters. The highest BCUT2D eigenvalue weighted by Gasteiger charge is 2.56. The number of para-hydroxylation sites is 1. The Morgan fingerprint density at radius 1 is 1.07 bits per heavy atom. The fourth-order valence-electron chi connectivity index (χ4n) is 4.56. The molecule has 2 aliphatic rings. The van der Waals surface area contributed by atoms with E-state index in [1.54, 1.807) is 38.1 Å². The third-order valence-electron chi connectivity index (χ3n) is 6.31. The molecular formula is C27H28F3N3O8. The highest BCUT2D eigenvalue weighted by Crippen LogP contribution is 2.39. The molecule has 0 aliphatic carbocycles. The van der Waals surface area contributed by atoms with Crippen molar-refractivity contribution in [2.75, 3.05) is 19.0 Å². The van der Waals surface area contributed by atoms with E-state index in [0.717, 1.165) is 12.1 Å². The molecule has 0 radical (unpaired) electrons. The van der Waals surface area contributed by atoms with Gasteiger partial charge in [0.25, 0.3) is 0 Å². The number of nitriles is 1. The molecule has 3 amide bonds. The van der Waals surface area contributed by atoms with Gasteiger partial charge in [0.1, 0.15) is 31.0 Å². The number of hydrogen-bond donors (Lipinski definition) is 2. The number of urea groups is 1. The van der Waals surface area contributed by atoms with Crippen molar-refractivity contribution in [3.63, 3.8) is 0 Å². The SMILES string of the molecule is COC1O[C@H](COC(=O)NC(=O)Nc2ccccc2C(F)(F)F)[C@@H]2OC(C)(C)O[C@@H]2[C@H]1OCc1ccccc1C#N. The van der Waals surface area contributed by atoms with Gasteiger partial charge in [0, 0.05) is 7.11 Å². The second kappa shape index (κ2) is 12.4. The zero-order valence-corrected chi connectivity index (χ0v) is 22.3. The lowest BCUT2D eigenvalue weighted by Gasteiger charge is -2.41. The number of methoxy groups -OCH3 is 1. The quantitative estimate of drug-likeness (QED) is 0.492. The van der Waals surface area contributed by atoms with Crippen LogP contribution >= 0.6 is 0 Å². The summed E-state index contributed by atoms with van der Waals surface area (Å²) in [6, 6.07) is 12.1. The first-order valence-corrected chi connectivity index (χ1v) is 12.5. The molecule has 0 saturated carbocycles. The summed E-state index contributed by atoms with van der Waals surface area (Å²) in [5.41, 5.74) is -0.516. The second-order valence-corrected chi connectivity index (χ2v) is 9.61. The van der Waals surface area contributed by atoms with Crippen LogP contribution in [0, 0.1) is 11.3 Å². The first kappa shape index (κ1) is 30.2. The van der Waals surface area contributed by atoms with Gasteiger partial charge >= 0.3 is 18.3 Å². The minimum atomic E-state index is -4.71. The fraction of sp³-hybridized carbons (Fsp3) is 0.444. The maximum absolute atomic E-state index is 13.2. The van der Waals surface area contributed by atoms with Crippen LogP contribution in [0.2, 0.25) is 0 Å². The standard InChI is InChI=1S/C27H28F3N3O8/c1-26(2)40-20-19(14-38-25(35)33-24(34)32-18-11-7-6-10-17(18)27(28,29)30)39-23(36-3)22(21(20)41-26)37-13-16-9-5-4-8-15(16)12-31/h4-11,19-23H,13-14H2,1-3H3,(H2,32,33,34,35)/t19-,20+,21+,22-,23?/m1/s1. The number of imide groups is 1. The number of fused-ring (bicyclic) bond motifs is 1. The number of alkyl halides is 3. The van der Waals surface area contributed by atoms with Gasteiger partial charge in [-0.05, 0) is 37.6 Å². The van der Waals surface area contributed by atoms with E-state index in [4.69, 9.17) is 28.4 Å². The number of ether oxygens (including phenoxy) is 6. The average Bonchev–Trinajstić information content (AvgIpc) is 3.25. The molecule has 0 bridgehead atoms. The molecule has 14 heteroatoms. The maximum atomic E-state index is 13.2. The predicted octanol–water partition coefficient (Wildman–Crippen LogP) is 4.31. The van der Waals surface area contributed by atoms with Crippen LogP contribution in [-0.2, 0) is 41.2 Å². The van der Waals surface area contributed by atoms with Gasteiger partial charge in [0.2, 0.25) is 0 Å². The van der Waals surface area contributed by atoms with Crippen LogP contribution in [0.4, 0.5) is 28.4 Å². The molecule has 2 N–H and O–H groups in total. The minimum Gasteiger partial charge on any atom is -0.446 e. The molecule has 2 aromatic rings. The van der Waals surface area contributed by atoms with E-state index in [1.165, 1.54) is 19.2 Å². The summed E-state index contributed by atoms with van der Waals surface area (Å²) in [6.07, 6.45) is -10.1. The third-order valence-corrected chi connectivity index (χ3v) is 6.31. The van der Waals surface area contributed by atoms with Crippen molar-refractivity contribution in [2.24, 2.45) is 0 Å². The molecule has 0 spiro atoms. The summed E-state index contributed by atoms with van der Waals surface area (Å²) >= 11 is 0. The van der Waals surface area contributed by atoms with Crippen LogP contribution in [0.15, 0.2) is 48.5 Å². The zero-order chi connectivity index (χ0) is 29.8. The Morgan fingerprint density at radius 2 is 1.76 bits per heavy atom. The van der Waals surface area contributed by atoms with E-state index >= 15 is 0 Å². The Morgan fingerprint density at radius 3 is 2.46 bits per heavy atom. The number of benzene rings is 2.